The van der Waals surface area contributed by atoms with Crippen LogP contribution in [0.3, 0.4) is 0 Å². The molecule has 15 heavy (non-hydrogen) atoms. The molecule has 0 radical (unpaired) electrons. The standard InChI is InChI=1S/C9H14ClN5/c1-5(10)6-12-7(11)14-8(13-6)15-9(2)3-4-9/h5H,3-4H2,1-2H3,(H3,11,12,13,14,15). The van der Waals surface area contributed by atoms with Crippen LogP contribution in [0.5, 0.6) is 0 Å². The molecule has 0 saturated heterocycles. The molecule has 1 aromatic rings. The Bertz CT molecular complexity index is 375. The van der Waals surface area contributed by atoms with Gasteiger partial charge in [-0.25, -0.2) is 0 Å². The van der Waals surface area contributed by atoms with E-state index < -0.39 is 0 Å². The van der Waals surface area contributed by atoms with Crippen LogP contribution >= 0.6 is 11.6 Å². The number of nitrogens with zero attached hydrogens (tertiary/aromatic N) is 3. The summed E-state index contributed by atoms with van der Waals surface area (Å²) < 4.78 is 0. The third kappa shape index (κ3) is 2.47. The first-order valence-electron chi connectivity index (χ1n) is 4.92. The van der Waals surface area contributed by atoms with E-state index in [1.54, 1.807) is 6.92 Å². The molecule has 1 aliphatic rings. The van der Waals surface area contributed by atoms with Gasteiger partial charge in [-0.3, -0.25) is 0 Å². The van der Waals surface area contributed by atoms with Crippen molar-refractivity contribution in [3.05, 3.63) is 5.82 Å². The van der Waals surface area contributed by atoms with Gasteiger partial charge in [-0.15, -0.1) is 11.6 Å². The summed E-state index contributed by atoms with van der Waals surface area (Å²) in [5.41, 5.74) is 5.70. The Kier molecular flexibility index (Phi) is 2.42. The second kappa shape index (κ2) is 3.48. The van der Waals surface area contributed by atoms with Crippen LogP contribution in [0.1, 0.15) is 37.9 Å². The van der Waals surface area contributed by atoms with Gasteiger partial charge in [0.2, 0.25) is 11.9 Å². The van der Waals surface area contributed by atoms with Gasteiger partial charge in [0, 0.05) is 5.54 Å². The van der Waals surface area contributed by atoms with E-state index in [1.807, 2.05) is 0 Å². The van der Waals surface area contributed by atoms with Gasteiger partial charge < -0.3 is 11.1 Å². The molecule has 1 unspecified atom stereocenters. The van der Waals surface area contributed by atoms with Gasteiger partial charge in [-0.1, -0.05) is 0 Å². The number of aromatic nitrogens is 3. The maximum absolute atomic E-state index is 5.90. The highest BCUT2D eigenvalue weighted by atomic mass is 35.5. The fourth-order valence-corrected chi connectivity index (χ4v) is 1.32. The molecule has 1 aliphatic carbocycles. The summed E-state index contributed by atoms with van der Waals surface area (Å²) in [6.45, 7) is 3.93. The molecule has 0 bridgehead atoms. The molecule has 1 fully saturated rings. The van der Waals surface area contributed by atoms with E-state index in [-0.39, 0.29) is 16.9 Å². The highest BCUT2D eigenvalue weighted by molar-refractivity contribution is 6.20. The van der Waals surface area contributed by atoms with Gasteiger partial charge in [0.25, 0.3) is 0 Å². The third-order valence-corrected chi connectivity index (χ3v) is 2.63. The van der Waals surface area contributed by atoms with Crippen molar-refractivity contribution in [2.45, 2.75) is 37.6 Å². The van der Waals surface area contributed by atoms with Crippen molar-refractivity contribution < 1.29 is 0 Å². The zero-order valence-corrected chi connectivity index (χ0v) is 9.54. The first-order chi connectivity index (χ1) is 6.98. The predicted octanol–water partition coefficient (Wildman–Crippen LogP) is 1.72. The Labute approximate surface area is 93.5 Å². The second-order valence-corrected chi connectivity index (χ2v) is 4.83. The zero-order chi connectivity index (χ0) is 11.1. The molecule has 5 nitrogen and oxygen atoms in total. The van der Waals surface area contributed by atoms with Crippen LogP contribution in [0.2, 0.25) is 0 Å². The Balaban J connectivity index is 2.23. The summed E-state index contributed by atoms with van der Waals surface area (Å²) in [6, 6.07) is 0. The first-order valence-corrected chi connectivity index (χ1v) is 5.36. The largest absolute Gasteiger partial charge is 0.368 e. The highest BCUT2D eigenvalue weighted by Crippen LogP contribution is 2.37. The van der Waals surface area contributed by atoms with Gasteiger partial charge in [-0.05, 0) is 26.7 Å². The van der Waals surface area contributed by atoms with Crippen LogP contribution in [0.15, 0.2) is 0 Å². The van der Waals surface area contributed by atoms with Crippen molar-refractivity contribution in [1.29, 1.82) is 0 Å². The smallest absolute Gasteiger partial charge is 0.228 e. The van der Waals surface area contributed by atoms with E-state index in [2.05, 4.69) is 27.2 Å². The van der Waals surface area contributed by atoms with E-state index in [1.165, 1.54) is 0 Å². The van der Waals surface area contributed by atoms with E-state index in [9.17, 15) is 0 Å². The van der Waals surface area contributed by atoms with Gasteiger partial charge >= 0.3 is 0 Å². The summed E-state index contributed by atoms with van der Waals surface area (Å²) >= 11 is 5.90. The molecule has 0 aliphatic heterocycles. The van der Waals surface area contributed by atoms with Gasteiger partial charge in [-0.2, -0.15) is 15.0 Å². The molecule has 1 heterocycles. The number of anilines is 2. The molecule has 1 aromatic heterocycles. The number of halogens is 1. The van der Waals surface area contributed by atoms with Crippen molar-refractivity contribution in [3.63, 3.8) is 0 Å². The molecule has 2 rings (SSSR count). The minimum Gasteiger partial charge on any atom is -0.368 e. The Morgan fingerprint density at radius 1 is 1.40 bits per heavy atom. The lowest BCUT2D eigenvalue weighted by molar-refractivity contribution is 0.792. The minimum absolute atomic E-state index is 0.126. The molecule has 1 saturated carbocycles. The number of nitrogen functional groups attached to an aromatic ring is 1. The summed E-state index contributed by atoms with van der Waals surface area (Å²) in [5, 5.41) is 2.97. The van der Waals surface area contributed by atoms with Crippen molar-refractivity contribution in [2.24, 2.45) is 0 Å². The topological polar surface area (TPSA) is 76.7 Å². The fourth-order valence-electron chi connectivity index (χ4n) is 1.23. The monoisotopic (exact) mass is 227 g/mol. The normalized spacial score (nSPS) is 19.7. The SMILES string of the molecule is CC(Cl)c1nc(N)nc(NC2(C)CC2)n1. The molecule has 1 atom stereocenters. The number of rotatable bonds is 3. The van der Waals surface area contributed by atoms with Crippen LogP contribution in [0.4, 0.5) is 11.9 Å². The van der Waals surface area contributed by atoms with E-state index in [0.29, 0.717) is 11.8 Å². The molecule has 3 N–H and O–H groups in total. The predicted molar refractivity (Wildman–Crippen MR) is 59.8 cm³/mol. The Morgan fingerprint density at radius 3 is 2.60 bits per heavy atom. The second-order valence-electron chi connectivity index (χ2n) is 4.18. The van der Waals surface area contributed by atoms with Crippen molar-refractivity contribution in [3.8, 4) is 0 Å². The van der Waals surface area contributed by atoms with E-state index in [4.69, 9.17) is 17.3 Å². The molecular formula is C9H14ClN5. The first kappa shape index (κ1) is 10.4. The lowest BCUT2D eigenvalue weighted by Crippen LogP contribution is -2.19. The van der Waals surface area contributed by atoms with Gasteiger partial charge in [0.15, 0.2) is 5.82 Å². The molecular weight excluding hydrogens is 214 g/mol. The Hall–Kier alpha value is -1.10. The molecule has 0 amide bonds. The molecule has 82 valence electrons. The zero-order valence-electron chi connectivity index (χ0n) is 8.79. The number of alkyl halides is 1. The summed E-state index contributed by atoms with van der Waals surface area (Å²) in [6.07, 6.45) is 2.26. The van der Waals surface area contributed by atoms with Crippen molar-refractivity contribution in [1.82, 2.24) is 15.0 Å². The quantitative estimate of drug-likeness (QED) is 0.769. The lowest BCUT2D eigenvalue weighted by Gasteiger charge is -2.12. The number of nitrogens with one attached hydrogen (secondary N) is 1. The number of hydrogen-bond donors (Lipinski definition) is 2. The van der Waals surface area contributed by atoms with Crippen molar-refractivity contribution >= 4 is 23.5 Å². The highest BCUT2D eigenvalue weighted by Gasteiger charge is 2.38. The maximum Gasteiger partial charge on any atom is 0.228 e. The van der Waals surface area contributed by atoms with Crippen LogP contribution in [-0.4, -0.2) is 20.5 Å². The number of hydrogen-bond acceptors (Lipinski definition) is 5. The number of nitrogens with two attached hydrogens (primary N) is 1. The lowest BCUT2D eigenvalue weighted by atomic mass is 10.3. The molecule has 6 heteroatoms. The molecule has 0 spiro atoms. The minimum atomic E-state index is -0.261. The van der Waals surface area contributed by atoms with Gasteiger partial charge in [0.05, 0.1) is 5.38 Å². The van der Waals surface area contributed by atoms with Crippen LogP contribution in [0.25, 0.3) is 0 Å². The average molecular weight is 228 g/mol. The fraction of sp³-hybridized carbons (Fsp3) is 0.667. The average Bonchev–Trinajstić information content (AvgIpc) is 2.81. The van der Waals surface area contributed by atoms with Gasteiger partial charge in [0.1, 0.15) is 0 Å². The van der Waals surface area contributed by atoms with E-state index >= 15 is 0 Å². The molecule has 0 aromatic carbocycles. The van der Waals surface area contributed by atoms with Crippen LogP contribution in [-0.2, 0) is 0 Å². The summed E-state index contributed by atoms with van der Waals surface area (Å²) in [4.78, 5) is 12.2. The summed E-state index contributed by atoms with van der Waals surface area (Å²) in [7, 11) is 0. The Morgan fingerprint density at radius 2 is 2.07 bits per heavy atom. The van der Waals surface area contributed by atoms with Crippen molar-refractivity contribution in [2.75, 3.05) is 11.1 Å². The van der Waals surface area contributed by atoms with Crippen LogP contribution in [0, 0.1) is 0 Å². The third-order valence-electron chi connectivity index (χ3n) is 2.44. The van der Waals surface area contributed by atoms with Crippen LogP contribution < -0.4 is 11.1 Å². The summed E-state index contributed by atoms with van der Waals surface area (Å²) in [5.74, 6) is 1.24. The maximum atomic E-state index is 5.90. The van der Waals surface area contributed by atoms with E-state index in [0.717, 1.165) is 12.8 Å².